The van der Waals surface area contributed by atoms with Gasteiger partial charge in [0.2, 0.25) is 0 Å². The Balaban J connectivity index is 2.04. The second-order valence-electron chi connectivity index (χ2n) is 4.63. The van der Waals surface area contributed by atoms with E-state index in [2.05, 4.69) is 11.0 Å². The molecule has 1 fully saturated rings. The number of nitriles is 1. The van der Waals surface area contributed by atoms with Crippen LogP contribution in [0.15, 0.2) is 24.3 Å². The molecule has 0 saturated heterocycles. The molecule has 2 nitrogen and oxygen atoms in total. The molecule has 1 aromatic rings. The van der Waals surface area contributed by atoms with Crippen molar-refractivity contribution in [1.82, 2.24) is 4.90 Å². The molecule has 2 rings (SSSR count). The molecule has 90 valence electrons. The van der Waals surface area contributed by atoms with Gasteiger partial charge in [-0.05, 0) is 30.5 Å². The summed E-state index contributed by atoms with van der Waals surface area (Å²) in [5.41, 5.74) is 0.951. The summed E-state index contributed by atoms with van der Waals surface area (Å²) in [5, 5.41) is 8.86. The number of hydrogen-bond donors (Lipinski definition) is 0. The first kappa shape index (κ1) is 12.1. The summed E-state index contributed by atoms with van der Waals surface area (Å²) >= 11 is 0. The maximum atomic E-state index is 13.1. The maximum Gasteiger partial charge on any atom is 0.123 e. The molecule has 0 atom stereocenters. The van der Waals surface area contributed by atoms with Gasteiger partial charge < -0.3 is 0 Å². The van der Waals surface area contributed by atoms with E-state index in [-0.39, 0.29) is 5.82 Å². The monoisotopic (exact) mass is 232 g/mol. The molecule has 0 aromatic heterocycles. The van der Waals surface area contributed by atoms with Crippen molar-refractivity contribution in [1.29, 1.82) is 5.26 Å². The van der Waals surface area contributed by atoms with Gasteiger partial charge in [-0.1, -0.05) is 25.0 Å². The highest BCUT2D eigenvalue weighted by Gasteiger charge is 2.22. The fourth-order valence-electron chi connectivity index (χ4n) is 2.54. The minimum atomic E-state index is -0.203. The summed E-state index contributed by atoms with van der Waals surface area (Å²) in [6, 6.07) is 9.36. The van der Waals surface area contributed by atoms with Crippen LogP contribution in [0.1, 0.15) is 31.2 Å². The third-order valence-electron chi connectivity index (χ3n) is 3.39. The Hall–Kier alpha value is -1.40. The SMILES string of the molecule is N#CCN(Cc1cccc(F)c1)C1CCCC1. The Morgan fingerprint density at radius 3 is 2.76 bits per heavy atom. The minimum Gasteiger partial charge on any atom is -0.283 e. The van der Waals surface area contributed by atoms with Gasteiger partial charge in [-0.25, -0.2) is 4.39 Å². The number of benzene rings is 1. The molecule has 0 aliphatic heterocycles. The van der Waals surface area contributed by atoms with Crippen molar-refractivity contribution in [2.75, 3.05) is 6.54 Å². The zero-order valence-electron chi connectivity index (χ0n) is 9.90. The van der Waals surface area contributed by atoms with Crippen LogP contribution in [-0.4, -0.2) is 17.5 Å². The van der Waals surface area contributed by atoms with Crippen LogP contribution in [0.4, 0.5) is 4.39 Å². The number of hydrogen-bond acceptors (Lipinski definition) is 2. The van der Waals surface area contributed by atoms with Gasteiger partial charge in [-0.2, -0.15) is 5.26 Å². The first-order chi connectivity index (χ1) is 8.29. The Morgan fingerprint density at radius 2 is 2.12 bits per heavy atom. The smallest absolute Gasteiger partial charge is 0.123 e. The van der Waals surface area contributed by atoms with Crippen LogP contribution in [0.3, 0.4) is 0 Å². The average Bonchev–Trinajstić information content (AvgIpc) is 2.82. The highest BCUT2D eigenvalue weighted by Crippen LogP contribution is 2.24. The molecule has 0 N–H and O–H groups in total. The number of nitrogens with zero attached hydrogens (tertiary/aromatic N) is 2. The second kappa shape index (κ2) is 5.79. The molecule has 0 spiro atoms. The van der Waals surface area contributed by atoms with Crippen LogP contribution in [-0.2, 0) is 6.54 Å². The molecule has 0 amide bonds. The largest absolute Gasteiger partial charge is 0.283 e. The Bertz CT molecular complexity index is 405. The van der Waals surface area contributed by atoms with Gasteiger partial charge in [0.25, 0.3) is 0 Å². The van der Waals surface area contributed by atoms with Crippen molar-refractivity contribution in [2.45, 2.75) is 38.3 Å². The predicted octanol–water partition coefficient (Wildman–Crippen LogP) is 3.09. The lowest BCUT2D eigenvalue weighted by molar-refractivity contribution is 0.214. The lowest BCUT2D eigenvalue weighted by atomic mass is 10.1. The first-order valence-corrected chi connectivity index (χ1v) is 6.15. The zero-order chi connectivity index (χ0) is 12.1. The maximum absolute atomic E-state index is 13.1. The van der Waals surface area contributed by atoms with E-state index in [9.17, 15) is 4.39 Å². The fraction of sp³-hybridized carbons (Fsp3) is 0.500. The van der Waals surface area contributed by atoms with Crippen LogP contribution in [0, 0.1) is 17.1 Å². The van der Waals surface area contributed by atoms with E-state index >= 15 is 0 Å². The highest BCUT2D eigenvalue weighted by atomic mass is 19.1. The van der Waals surface area contributed by atoms with Gasteiger partial charge in [0.15, 0.2) is 0 Å². The quantitative estimate of drug-likeness (QED) is 0.746. The summed E-state index contributed by atoms with van der Waals surface area (Å²) in [4.78, 5) is 2.17. The van der Waals surface area contributed by atoms with E-state index in [4.69, 9.17) is 5.26 Å². The molecule has 3 heteroatoms. The summed E-state index contributed by atoms with van der Waals surface area (Å²) in [5.74, 6) is -0.203. The zero-order valence-corrected chi connectivity index (χ0v) is 9.90. The Kier molecular flexibility index (Phi) is 4.11. The van der Waals surface area contributed by atoms with Crippen molar-refractivity contribution in [3.63, 3.8) is 0 Å². The van der Waals surface area contributed by atoms with Crippen molar-refractivity contribution in [3.8, 4) is 6.07 Å². The molecule has 0 radical (unpaired) electrons. The van der Waals surface area contributed by atoms with E-state index in [1.54, 1.807) is 12.1 Å². The average molecular weight is 232 g/mol. The van der Waals surface area contributed by atoms with Crippen molar-refractivity contribution in [3.05, 3.63) is 35.6 Å². The van der Waals surface area contributed by atoms with Gasteiger partial charge in [0.05, 0.1) is 12.6 Å². The normalized spacial score (nSPS) is 16.3. The summed E-state index contributed by atoms with van der Waals surface area (Å²) < 4.78 is 13.1. The molecule has 1 aliphatic carbocycles. The van der Waals surface area contributed by atoms with Crippen LogP contribution in [0.5, 0.6) is 0 Å². The molecule has 0 bridgehead atoms. The predicted molar refractivity (Wildman–Crippen MR) is 64.7 cm³/mol. The van der Waals surface area contributed by atoms with Gasteiger partial charge in [0.1, 0.15) is 5.82 Å². The van der Waals surface area contributed by atoms with E-state index in [1.807, 2.05) is 6.07 Å². The fourth-order valence-corrected chi connectivity index (χ4v) is 2.54. The summed E-state index contributed by atoms with van der Waals surface area (Å²) in [7, 11) is 0. The third kappa shape index (κ3) is 3.28. The molecule has 1 aromatic carbocycles. The Labute approximate surface area is 102 Å². The number of rotatable bonds is 4. The highest BCUT2D eigenvalue weighted by molar-refractivity contribution is 5.16. The Morgan fingerprint density at radius 1 is 1.35 bits per heavy atom. The standard InChI is InChI=1S/C14H17FN2/c15-13-5-3-4-12(10-13)11-17(9-8-16)14-6-1-2-7-14/h3-5,10,14H,1-2,6-7,9,11H2. The van der Waals surface area contributed by atoms with E-state index in [0.29, 0.717) is 19.1 Å². The van der Waals surface area contributed by atoms with Crippen molar-refractivity contribution >= 4 is 0 Å². The topological polar surface area (TPSA) is 27.0 Å². The third-order valence-corrected chi connectivity index (χ3v) is 3.39. The first-order valence-electron chi connectivity index (χ1n) is 6.15. The van der Waals surface area contributed by atoms with E-state index < -0.39 is 0 Å². The van der Waals surface area contributed by atoms with Gasteiger partial charge in [0, 0.05) is 12.6 Å². The van der Waals surface area contributed by atoms with Gasteiger partial charge >= 0.3 is 0 Å². The lowest BCUT2D eigenvalue weighted by Gasteiger charge is -2.26. The molecular formula is C14H17FN2. The molecule has 1 saturated carbocycles. The van der Waals surface area contributed by atoms with Crippen molar-refractivity contribution < 1.29 is 4.39 Å². The van der Waals surface area contributed by atoms with E-state index in [1.165, 1.54) is 18.9 Å². The lowest BCUT2D eigenvalue weighted by Crippen LogP contribution is -2.33. The van der Waals surface area contributed by atoms with Crippen LogP contribution < -0.4 is 0 Å². The summed E-state index contributed by atoms with van der Waals surface area (Å²) in [6.07, 6.45) is 4.82. The van der Waals surface area contributed by atoms with Crippen LogP contribution >= 0.6 is 0 Å². The minimum absolute atomic E-state index is 0.203. The van der Waals surface area contributed by atoms with Gasteiger partial charge in [-0.15, -0.1) is 0 Å². The van der Waals surface area contributed by atoms with Crippen LogP contribution in [0.25, 0.3) is 0 Å². The molecule has 17 heavy (non-hydrogen) atoms. The molecule has 0 heterocycles. The second-order valence-corrected chi connectivity index (χ2v) is 4.63. The molecular weight excluding hydrogens is 215 g/mol. The van der Waals surface area contributed by atoms with Gasteiger partial charge in [-0.3, -0.25) is 4.90 Å². The van der Waals surface area contributed by atoms with Crippen molar-refractivity contribution in [2.24, 2.45) is 0 Å². The molecule has 0 unspecified atom stereocenters. The van der Waals surface area contributed by atoms with Crippen LogP contribution in [0.2, 0.25) is 0 Å². The molecule has 1 aliphatic rings. The summed E-state index contributed by atoms with van der Waals surface area (Å²) in [6.45, 7) is 1.11. The number of halogens is 1. The van der Waals surface area contributed by atoms with E-state index in [0.717, 1.165) is 18.4 Å².